The van der Waals surface area contributed by atoms with Crippen LogP contribution in [0.1, 0.15) is 10.4 Å². The number of nitrogens with zero attached hydrogens (tertiary/aromatic N) is 2. The molecular formula is C18H25N3O5. The summed E-state index contributed by atoms with van der Waals surface area (Å²) in [4.78, 5) is 28.4. The molecule has 0 aliphatic carbocycles. The van der Waals surface area contributed by atoms with Crippen molar-refractivity contribution in [3.63, 3.8) is 0 Å². The summed E-state index contributed by atoms with van der Waals surface area (Å²) in [5.74, 6) is -0.134. The fraction of sp³-hybridized carbons (Fsp3) is 0.556. The molecular weight excluding hydrogens is 338 g/mol. The summed E-state index contributed by atoms with van der Waals surface area (Å²) in [6, 6.07) is 5.98. The number of morpholine rings is 1. The molecule has 142 valence electrons. The van der Waals surface area contributed by atoms with Gasteiger partial charge >= 0.3 is 0 Å². The van der Waals surface area contributed by atoms with Gasteiger partial charge in [0.15, 0.2) is 0 Å². The third-order valence-electron chi connectivity index (χ3n) is 4.86. The standard InChI is InChI=1S/C18H25N3O5/c1-20-10-18(26-9-15(20)16(23)19-6-7-25-2)11-21(12-18)17(24)13-4-3-5-14(22)8-13/h3-5,8,15,22H,6-7,9-12H2,1-2H3,(H,19,23). The molecule has 0 aromatic heterocycles. The number of ether oxygens (including phenoxy) is 2. The van der Waals surface area contributed by atoms with E-state index in [1.165, 1.54) is 12.1 Å². The first-order valence-electron chi connectivity index (χ1n) is 8.63. The number of likely N-dealkylation sites (tertiary alicyclic amines) is 1. The number of amides is 2. The van der Waals surface area contributed by atoms with Crippen LogP contribution in [0.5, 0.6) is 5.75 Å². The Hall–Kier alpha value is -2.16. The topological polar surface area (TPSA) is 91.3 Å². The number of hydrogen-bond donors (Lipinski definition) is 2. The Labute approximate surface area is 152 Å². The largest absolute Gasteiger partial charge is 0.508 e. The predicted octanol–water partition coefficient (Wildman–Crippen LogP) is -0.320. The van der Waals surface area contributed by atoms with Gasteiger partial charge in [-0.05, 0) is 25.2 Å². The molecule has 1 aromatic rings. The Morgan fingerprint density at radius 1 is 1.38 bits per heavy atom. The SMILES string of the molecule is COCCNC(=O)C1COC2(CN(C(=O)c3cccc(O)c3)C2)CN1C. The van der Waals surface area contributed by atoms with Crippen molar-refractivity contribution in [1.29, 1.82) is 0 Å². The lowest BCUT2D eigenvalue weighted by atomic mass is 9.90. The van der Waals surface area contributed by atoms with Crippen LogP contribution in [0, 0.1) is 0 Å². The first kappa shape index (κ1) is 18.6. The van der Waals surface area contributed by atoms with E-state index in [2.05, 4.69) is 5.32 Å². The summed E-state index contributed by atoms with van der Waals surface area (Å²) in [5.41, 5.74) is 0.0317. The molecule has 1 unspecified atom stereocenters. The second kappa shape index (κ2) is 7.61. The maximum Gasteiger partial charge on any atom is 0.254 e. The zero-order chi connectivity index (χ0) is 18.7. The average molecular weight is 363 g/mol. The molecule has 3 rings (SSSR count). The molecule has 0 radical (unpaired) electrons. The van der Waals surface area contributed by atoms with E-state index in [0.717, 1.165) is 0 Å². The summed E-state index contributed by atoms with van der Waals surface area (Å²) in [6.07, 6.45) is 0. The number of aromatic hydroxyl groups is 1. The van der Waals surface area contributed by atoms with Crippen LogP contribution in [0.15, 0.2) is 24.3 Å². The number of carbonyl (C=O) groups is 2. The van der Waals surface area contributed by atoms with Gasteiger partial charge in [0.05, 0.1) is 26.3 Å². The van der Waals surface area contributed by atoms with E-state index in [-0.39, 0.29) is 23.6 Å². The maximum atomic E-state index is 12.5. The lowest BCUT2D eigenvalue weighted by molar-refractivity contribution is -0.187. The Balaban J connectivity index is 1.52. The smallest absolute Gasteiger partial charge is 0.254 e. The van der Waals surface area contributed by atoms with Crippen LogP contribution in [0.25, 0.3) is 0 Å². The number of phenols is 1. The molecule has 2 aliphatic heterocycles. The van der Waals surface area contributed by atoms with Crippen LogP contribution in [-0.2, 0) is 14.3 Å². The molecule has 2 aliphatic rings. The minimum absolute atomic E-state index is 0.0714. The first-order valence-corrected chi connectivity index (χ1v) is 8.63. The molecule has 0 bridgehead atoms. The number of carbonyl (C=O) groups excluding carboxylic acids is 2. The molecule has 1 aromatic carbocycles. The second-order valence-electron chi connectivity index (χ2n) is 6.92. The molecule has 8 heteroatoms. The molecule has 1 spiro atoms. The van der Waals surface area contributed by atoms with Crippen molar-refractivity contribution in [3.8, 4) is 5.75 Å². The van der Waals surface area contributed by atoms with Gasteiger partial charge in [0.1, 0.15) is 17.4 Å². The highest BCUT2D eigenvalue weighted by atomic mass is 16.5. The van der Waals surface area contributed by atoms with Crippen LogP contribution in [0.4, 0.5) is 0 Å². The number of phenolic OH excluding ortho intramolecular Hbond substituents is 1. The van der Waals surface area contributed by atoms with Crippen molar-refractivity contribution in [2.75, 3.05) is 53.6 Å². The highest BCUT2D eigenvalue weighted by Gasteiger charge is 2.51. The zero-order valence-electron chi connectivity index (χ0n) is 15.1. The monoisotopic (exact) mass is 363 g/mol. The van der Waals surface area contributed by atoms with Crippen LogP contribution in [0.3, 0.4) is 0 Å². The van der Waals surface area contributed by atoms with Gasteiger partial charge < -0.3 is 24.8 Å². The van der Waals surface area contributed by atoms with Crippen molar-refractivity contribution in [3.05, 3.63) is 29.8 Å². The van der Waals surface area contributed by atoms with Gasteiger partial charge in [-0.3, -0.25) is 14.5 Å². The number of rotatable bonds is 5. The van der Waals surface area contributed by atoms with Gasteiger partial charge in [0, 0.05) is 25.8 Å². The molecule has 2 saturated heterocycles. The predicted molar refractivity (Wildman–Crippen MR) is 94.0 cm³/mol. The van der Waals surface area contributed by atoms with E-state index < -0.39 is 5.60 Å². The summed E-state index contributed by atoms with van der Waals surface area (Å²) in [7, 11) is 3.48. The molecule has 2 N–H and O–H groups in total. The Bertz CT molecular complexity index is 675. The number of methoxy groups -OCH3 is 1. The van der Waals surface area contributed by atoms with E-state index in [1.807, 2.05) is 11.9 Å². The number of nitrogens with one attached hydrogen (secondary N) is 1. The minimum Gasteiger partial charge on any atom is -0.508 e. The maximum absolute atomic E-state index is 12.5. The summed E-state index contributed by atoms with van der Waals surface area (Å²) in [5, 5.41) is 12.3. The van der Waals surface area contributed by atoms with Gasteiger partial charge in [-0.25, -0.2) is 0 Å². The highest BCUT2D eigenvalue weighted by molar-refractivity contribution is 5.95. The summed E-state index contributed by atoms with van der Waals surface area (Å²) < 4.78 is 10.9. The number of likely N-dealkylation sites (N-methyl/N-ethyl adjacent to an activating group) is 1. The van der Waals surface area contributed by atoms with Crippen LogP contribution >= 0.6 is 0 Å². The lowest BCUT2D eigenvalue weighted by Gasteiger charge is -2.54. The Morgan fingerprint density at radius 2 is 2.15 bits per heavy atom. The molecule has 1 atom stereocenters. The Morgan fingerprint density at radius 3 is 2.81 bits per heavy atom. The molecule has 26 heavy (non-hydrogen) atoms. The van der Waals surface area contributed by atoms with Gasteiger partial charge in [0.25, 0.3) is 5.91 Å². The van der Waals surface area contributed by atoms with E-state index in [9.17, 15) is 14.7 Å². The third-order valence-corrected chi connectivity index (χ3v) is 4.86. The quantitative estimate of drug-likeness (QED) is 0.697. The fourth-order valence-corrected chi connectivity index (χ4v) is 3.47. The normalized spacial score (nSPS) is 22.1. The van der Waals surface area contributed by atoms with E-state index in [1.54, 1.807) is 24.1 Å². The molecule has 8 nitrogen and oxygen atoms in total. The van der Waals surface area contributed by atoms with Crippen LogP contribution < -0.4 is 5.32 Å². The summed E-state index contributed by atoms with van der Waals surface area (Å²) >= 11 is 0. The van der Waals surface area contributed by atoms with Gasteiger partial charge in [0.2, 0.25) is 5.91 Å². The van der Waals surface area contributed by atoms with Crippen molar-refractivity contribution >= 4 is 11.8 Å². The number of benzene rings is 1. The molecule has 2 amide bonds. The minimum atomic E-state index is -0.426. The highest BCUT2D eigenvalue weighted by Crippen LogP contribution is 2.31. The molecule has 0 saturated carbocycles. The first-order chi connectivity index (χ1) is 12.4. The van der Waals surface area contributed by atoms with Crippen LogP contribution in [-0.4, -0.2) is 91.9 Å². The molecule has 2 fully saturated rings. The third kappa shape index (κ3) is 3.82. The van der Waals surface area contributed by atoms with Crippen molar-refractivity contribution in [2.45, 2.75) is 11.6 Å². The van der Waals surface area contributed by atoms with Gasteiger partial charge in [-0.2, -0.15) is 0 Å². The van der Waals surface area contributed by atoms with Crippen LogP contribution in [0.2, 0.25) is 0 Å². The van der Waals surface area contributed by atoms with E-state index in [4.69, 9.17) is 9.47 Å². The fourth-order valence-electron chi connectivity index (χ4n) is 3.47. The zero-order valence-corrected chi connectivity index (χ0v) is 15.1. The van der Waals surface area contributed by atoms with Crippen molar-refractivity contribution in [1.82, 2.24) is 15.1 Å². The Kier molecular flexibility index (Phi) is 5.45. The van der Waals surface area contributed by atoms with Gasteiger partial charge in [-0.15, -0.1) is 0 Å². The van der Waals surface area contributed by atoms with Gasteiger partial charge in [-0.1, -0.05) is 6.07 Å². The number of hydrogen-bond acceptors (Lipinski definition) is 6. The summed E-state index contributed by atoms with van der Waals surface area (Å²) in [6.45, 7) is 2.77. The van der Waals surface area contributed by atoms with Crippen molar-refractivity contribution in [2.24, 2.45) is 0 Å². The second-order valence-corrected chi connectivity index (χ2v) is 6.92. The van der Waals surface area contributed by atoms with E-state index in [0.29, 0.717) is 45.0 Å². The van der Waals surface area contributed by atoms with E-state index >= 15 is 0 Å². The average Bonchev–Trinajstić information content (AvgIpc) is 2.59. The van der Waals surface area contributed by atoms with Crippen molar-refractivity contribution < 1.29 is 24.2 Å². The lowest BCUT2D eigenvalue weighted by Crippen LogP contribution is -2.73. The molecule has 2 heterocycles.